The van der Waals surface area contributed by atoms with E-state index >= 15 is 0 Å². The SMILES string of the molecule is Cc1ccc(C(O)c2ccccc2)c(Cl)c1F. The predicted octanol–water partition coefficient (Wildman–Crippen LogP) is 3.87. The molecule has 0 aliphatic carbocycles. The monoisotopic (exact) mass is 250 g/mol. The van der Waals surface area contributed by atoms with Crippen molar-refractivity contribution < 1.29 is 9.50 Å². The molecular formula is C14H12ClFO. The molecule has 17 heavy (non-hydrogen) atoms. The second-order valence-corrected chi connectivity index (χ2v) is 4.29. The molecule has 0 heterocycles. The molecule has 1 N–H and O–H groups in total. The fourth-order valence-electron chi connectivity index (χ4n) is 1.69. The van der Waals surface area contributed by atoms with Crippen LogP contribution in [0, 0.1) is 12.7 Å². The highest BCUT2D eigenvalue weighted by atomic mass is 35.5. The second kappa shape index (κ2) is 4.86. The summed E-state index contributed by atoms with van der Waals surface area (Å²) in [4.78, 5) is 0. The summed E-state index contributed by atoms with van der Waals surface area (Å²) in [6.45, 7) is 1.64. The lowest BCUT2D eigenvalue weighted by Gasteiger charge is -2.14. The van der Waals surface area contributed by atoms with Crippen molar-refractivity contribution in [3.63, 3.8) is 0 Å². The zero-order valence-corrected chi connectivity index (χ0v) is 10.1. The van der Waals surface area contributed by atoms with Crippen LogP contribution < -0.4 is 0 Å². The molecule has 0 radical (unpaired) electrons. The highest BCUT2D eigenvalue weighted by Gasteiger charge is 2.17. The van der Waals surface area contributed by atoms with Crippen LogP contribution in [0.25, 0.3) is 0 Å². The number of aryl methyl sites for hydroxylation is 1. The van der Waals surface area contributed by atoms with E-state index in [0.717, 1.165) is 0 Å². The van der Waals surface area contributed by atoms with Crippen LogP contribution in [0.1, 0.15) is 22.8 Å². The third-order valence-electron chi connectivity index (χ3n) is 2.72. The van der Waals surface area contributed by atoms with Crippen molar-refractivity contribution in [1.82, 2.24) is 0 Å². The van der Waals surface area contributed by atoms with E-state index in [4.69, 9.17) is 11.6 Å². The van der Waals surface area contributed by atoms with Gasteiger partial charge < -0.3 is 5.11 Å². The first kappa shape index (κ1) is 12.1. The zero-order valence-electron chi connectivity index (χ0n) is 9.32. The van der Waals surface area contributed by atoms with Crippen molar-refractivity contribution in [2.45, 2.75) is 13.0 Å². The lowest BCUT2D eigenvalue weighted by Crippen LogP contribution is -2.02. The molecule has 2 aromatic carbocycles. The quantitative estimate of drug-likeness (QED) is 0.858. The van der Waals surface area contributed by atoms with Crippen molar-refractivity contribution in [2.75, 3.05) is 0 Å². The zero-order chi connectivity index (χ0) is 12.4. The molecule has 0 aliphatic rings. The Morgan fingerprint density at radius 3 is 2.41 bits per heavy atom. The van der Waals surface area contributed by atoms with Crippen molar-refractivity contribution in [1.29, 1.82) is 0 Å². The van der Waals surface area contributed by atoms with Crippen LogP contribution >= 0.6 is 11.6 Å². The number of aliphatic hydroxyl groups excluding tert-OH is 1. The molecule has 0 amide bonds. The molecule has 1 nitrogen and oxygen atoms in total. The summed E-state index contributed by atoms with van der Waals surface area (Å²) in [6.07, 6.45) is -0.904. The number of rotatable bonds is 2. The lowest BCUT2D eigenvalue weighted by molar-refractivity contribution is 0.220. The number of hydrogen-bond donors (Lipinski definition) is 1. The van der Waals surface area contributed by atoms with E-state index in [1.54, 1.807) is 31.2 Å². The van der Waals surface area contributed by atoms with E-state index in [0.29, 0.717) is 16.7 Å². The molecule has 1 atom stereocenters. The van der Waals surface area contributed by atoms with Crippen LogP contribution in [0.15, 0.2) is 42.5 Å². The molecule has 0 saturated heterocycles. The molecule has 0 fully saturated rings. The van der Waals surface area contributed by atoms with Crippen LogP contribution in [0.3, 0.4) is 0 Å². The van der Waals surface area contributed by atoms with Crippen molar-refractivity contribution in [3.8, 4) is 0 Å². The van der Waals surface area contributed by atoms with E-state index in [-0.39, 0.29) is 5.02 Å². The molecule has 0 aliphatic heterocycles. The molecular weight excluding hydrogens is 239 g/mol. The Kier molecular flexibility index (Phi) is 3.46. The fraction of sp³-hybridized carbons (Fsp3) is 0.143. The van der Waals surface area contributed by atoms with Gasteiger partial charge in [-0.2, -0.15) is 0 Å². The standard InChI is InChI=1S/C14H12ClFO/c1-9-7-8-11(12(15)13(9)16)14(17)10-5-3-2-4-6-10/h2-8,14,17H,1H3. The van der Waals surface area contributed by atoms with Gasteiger partial charge in [0.1, 0.15) is 11.9 Å². The summed E-state index contributed by atoms with van der Waals surface area (Å²) in [7, 11) is 0. The maximum Gasteiger partial charge on any atom is 0.145 e. The van der Waals surface area contributed by atoms with Gasteiger partial charge in [-0.25, -0.2) is 4.39 Å². The largest absolute Gasteiger partial charge is 0.384 e. The highest BCUT2D eigenvalue weighted by Crippen LogP contribution is 2.31. The molecule has 0 spiro atoms. The lowest BCUT2D eigenvalue weighted by atomic mass is 10.0. The Labute approximate surface area is 104 Å². The minimum Gasteiger partial charge on any atom is -0.384 e. The van der Waals surface area contributed by atoms with Crippen LogP contribution in [0.4, 0.5) is 4.39 Å². The normalized spacial score (nSPS) is 12.5. The van der Waals surface area contributed by atoms with Gasteiger partial charge in [0, 0.05) is 5.56 Å². The first-order valence-corrected chi connectivity index (χ1v) is 5.66. The number of hydrogen-bond acceptors (Lipinski definition) is 1. The summed E-state index contributed by atoms with van der Waals surface area (Å²) >= 11 is 5.91. The molecule has 0 bridgehead atoms. The van der Waals surface area contributed by atoms with Crippen LogP contribution in [0.5, 0.6) is 0 Å². The Balaban J connectivity index is 2.45. The Morgan fingerprint density at radius 1 is 1.12 bits per heavy atom. The summed E-state index contributed by atoms with van der Waals surface area (Å²) in [6, 6.07) is 12.3. The van der Waals surface area contributed by atoms with Crippen LogP contribution in [0.2, 0.25) is 5.02 Å². The van der Waals surface area contributed by atoms with E-state index in [2.05, 4.69) is 0 Å². The summed E-state index contributed by atoms with van der Waals surface area (Å²) in [5, 5.41) is 10.1. The topological polar surface area (TPSA) is 20.2 Å². The van der Waals surface area contributed by atoms with Gasteiger partial charge in [-0.3, -0.25) is 0 Å². The van der Waals surface area contributed by atoms with Gasteiger partial charge in [-0.1, -0.05) is 54.1 Å². The maximum atomic E-state index is 13.6. The Bertz CT molecular complexity index is 525. The molecule has 2 rings (SSSR count). The van der Waals surface area contributed by atoms with Gasteiger partial charge in [0.25, 0.3) is 0 Å². The van der Waals surface area contributed by atoms with Gasteiger partial charge in [0.2, 0.25) is 0 Å². The molecule has 0 aromatic heterocycles. The van der Waals surface area contributed by atoms with E-state index in [9.17, 15) is 9.50 Å². The minimum atomic E-state index is -0.904. The first-order chi connectivity index (χ1) is 8.11. The second-order valence-electron chi connectivity index (χ2n) is 3.91. The predicted molar refractivity (Wildman–Crippen MR) is 66.7 cm³/mol. The molecule has 88 valence electrons. The van der Waals surface area contributed by atoms with Crippen molar-refractivity contribution in [3.05, 3.63) is 70.0 Å². The van der Waals surface area contributed by atoms with E-state index in [1.165, 1.54) is 0 Å². The van der Waals surface area contributed by atoms with E-state index in [1.807, 2.05) is 18.2 Å². The van der Waals surface area contributed by atoms with Gasteiger partial charge >= 0.3 is 0 Å². The number of benzene rings is 2. The third-order valence-corrected chi connectivity index (χ3v) is 3.10. The average Bonchev–Trinajstić information content (AvgIpc) is 2.36. The van der Waals surface area contributed by atoms with Crippen LogP contribution in [-0.2, 0) is 0 Å². The van der Waals surface area contributed by atoms with Crippen molar-refractivity contribution in [2.24, 2.45) is 0 Å². The third kappa shape index (κ3) is 2.33. The summed E-state index contributed by atoms with van der Waals surface area (Å²) < 4.78 is 13.6. The van der Waals surface area contributed by atoms with Gasteiger partial charge in [-0.05, 0) is 18.1 Å². The maximum absolute atomic E-state index is 13.6. The highest BCUT2D eigenvalue weighted by molar-refractivity contribution is 6.31. The first-order valence-electron chi connectivity index (χ1n) is 5.28. The van der Waals surface area contributed by atoms with Gasteiger partial charge in [0.05, 0.1) is 5.02 Å². The summed E-state index contributed by atoms with van der Waals surface area (Å²) in [5.74, 6) is -0.473. The average molecular weight is 251 g/mol. The minimum absolute atomic E-state index is 0.0126. The number of halogens is 2. The van der Waals surface area contributed by atoms with Crippen LogP contribution in [-0.4, -0.2) is 5.11 Å². The smallest absolute Gasteiger partial charge is 0.145 e. The Hall–Kier alpha value is -1.38. The number of aliphatic hydroxyl groups is 1. The van der Waals surface area contributed by atoms with Gasteiger partial charge in [-0.15, -0.1) is 0 Å². The summed E-state index contributed by atoms with van der Waals surface area (Å²) in [5.41, 5.74) is 1.55. The van der Waals surface area contributed by atoms with E-state index < -0.39 is 11.9 Å². The molecule has 0 saturated carbocycles. The molecule has 1 unspecified atom stereocenters. The molecule has 2 aromatic rings. The molecule has 3 heteroatoms. The van der Waals surface area contributed by atoms with Crippen molar-refractivity contribution >= 4 is 11.6 Å². The van der Waals surface area contributed by atoms with Gasteiger partial charge in [0.15, 0.2) is 0 Å². The fourth-order valence-corrected chi connectivity index (χ4v) is 2.00. The Morgan fingerprint density at radius 2 is 1.76 bits per heavy atom.